The topological polar surface area (TPSA) is 94.3 Å². The molecule has 0 amide bonds. The predicted molar refractivity (Wildman–Crippen MR) is 88.6 cm³/mol. The third-order valence-corrected chi connectivity index (χ3v) is 5.58. The molecule has 1 saturated carbocycles. The first-order chi connectivity index (χ1) is 12.1. The highest BCUT2D eigenvalue weighted by atomic mass is 32.2. The first kappa shape index (κ1) is 18.3. The predicted octanol–water partition coefficient (Wildman–Crippen LogP) is 3.28. The highest BCUT2D eigenvalue weighted by Crippen LogP contribution is 2.33. The number of aryl methyl sites for hydroxylation is 1. The van der Waals surface area contributed by atoms with Crippen LogP contribution in [0.5, 0.6) is 5.75 Å². The minimum absolute atomic E-state index is 0.114. The molecule has 0 spiro atoms. The maximum absolute atomic E-state index is 12.9. The molecule has 1 fully saturated rings. The summed E-state index contributed by atoms with van der Waals surface area (Å²) in [4.78, 5) is 3.92. The number of alkyl halides is 3. The largest absolute Gasteiger partial charge is 0.573 e. The van der Waals surface area contributed by atoms with Gasteiger partial charge in [-0.25, -0.2) is 13.4 Å². The fourth-order valence-electron chi connectivity index (χ4n) is 2.28. The number of aromatic nitrogens is 1. The standard InChI is InChI=1S/C16H16F3N3O3S/c1-9-13(20)8-14(15(21-9)22-10-2-3-10)26(23,24)12-6-4-11(5-7-12)25-16(17,18)19/h4-8,10H,2-3,20H2,1H3,(H,21,22). The van der Waals surface area contributed by atoms with E-state index >= 15 is 0 Å². The molecule has 0 atom stereocenters. The number of hydrogen-bond donors (Lipinski definition) is 2. The number of rotatable bonds is 5. The Kier molecular flexibility index (Phi) is 4.47. The molecule has 0 unspecified atom stereocenters. The van der Waals surface area contributed by atoms with Gasteiger partial charge in [-0.1, -0.05) is 0 Å². The van der Waals surface area contributed by atoms with Crippen LogP contribution in [0, 0.1) is 6.92 Å². The summed E-state index contributed by atoms with van der Waals surface area (Å²) in [6, 6.07) is 5.45. The third kappa shape index (κ3) is 4.01. The second-order valence-corrected chi connectivity index (χ2v) is 7.87. The van der Waals surface area contributed by atoms with Crippen molar-refractivity contribution in [1.29, 1.82) is 0 Å². The van der Waals surface area contributed by atoms with Gasteiger partial charge in [-0.2, -0.15) is 0 Å². The zero-order chi connectivity index (χ0) is 19.1. The molecule has 0 radical (unpaired) electrons. The minimum Gasteiger partial charge on any atom is -0.406 e. The van der Waals surface area contributed by atoms with E-state index < -0.39 is 21.9 Å². The van der Waals surface area contributed by atoms with Gasteiger partial charge in [0.15, 0.2) is 0 Å². The molecule has 3 rings (SSSR count). The zero-order valence-corrected chi connectivity index (χ0v) is 14.5. The average molecular weight is 387 g/mol. The van der Waals surface area contributed by atoms with Crippen LogP contribution in [0.2, 0.25) is 0 Å². The fraction of sp³-hybridized carbons (Fsp3) is 0.312. The molecule has 1 aliphatic carbocycles. The van der Waals surface area contributed by atoms with Crippen molar-refractivity contribution in [3.8, 4) is 5.75 Å². The number of benzene rings is 1. The van der Waals surface area contributed by atoms with E-state index in [-0.39, 0.29) is 27.3 Å². The first-order valence-corrected chi connectivity index (χ1v) is 9.19. The smallest absolute Gasteiger partial charge is 0.406 e. The van der Waals surface area contributed by atoms with E-state index in [1.54, 1.807) is 6.92 Å². The van der Waals surface area contributed by atoms with E-state index in [4.69, 9.17) is 5.73 Å². The summed E-state index contributed by atoms with van der Waals surface area (Å²) in [6.45, 7) is 1.66. The lowest BCUT2D eigenvalue weighted by Gasteiger charge is -2.14. The average Bonchev–Trinajstić information content (AvgIpc) is 3.33. The molecule has 1 aliphatic rings. The SMILES string of the molecule is Cc1nc(NC2CC2)c(S(=O)(=O)c2ccc(OC(F)(F)F)cc2)cc1N. The molecule has 0 aliphatic heterocycles. The normalized spacial score (nSPS) is 14.9. The van der Waals surface area contributed by atoms with Crippen LogP contribution in [0.4, 0.5) is 24.7 Å². The third-order valence-electron chi connectivity index (χ3n) is 3.79. The fourth-order valence-corrected chi connectivity index (χ4v) is 3.67. The van der Waals surface area contributed by atoms with E-state index in [0.717, 1.165) is 37.1 Å². The van der Waals surface area contributed by atoms with Crippen LogP contribution in [-0.2, 0) is 9.84 Å². The molecule has 1 aromatic heterocycles. The summed E-state index contributed by atoms with van der Waals surface area (Å²) in [5.41, 5.74) is 6.50. The lowest BCUT2D eigenvalue weighted by molar-refractivity contribution is -0.274. The molecular weight excluding hydrogens is 371 g/mol. The van der Waals surface area contributed by atoms with Gasteiger partial charge in [0, 0.05) is 6.04 Å². The minimum atomic E-state index is -4.85. The van der Waals surface area contributed by atoms with Gasteiger partial charge in [0.05, 0.1) is 16.3 Å². The molecule has 2 aromatic rings. The lowest BCUT2D eigenvalue weighted by atomic mass is 10.3. The van der Waals surface area contributed by atoms with Crippen LogP contribution >= 0.6 is 0 Å². The molecule has 6 nitrogen and oxygen atoms in total. The number of hydrogen-bond acceptors (Lipinski definition) is 6. The lowest BCUT2D eigenvalue weighted by Crippen LogP contribution is -2.17. The van der Waals surface area contributed by atoms with Crippen molar-refractivity contribution in [1.82, 2.24) is 4.98 Å². The number of halogens is 3. The summed E-state index contributed by atoms with van der Waals surface area (Å²) in [5.74, 6) is -0.316. The Labute approximate surface area is 148 Å². The summed E-state index contributed by atoms with van der Waals surface area (Å²) in [7, 11) is -4.03. The van der Waals surface area contributed by atoms with Crippen molar-refractivity contribution in [3.63, 3.8) is 0 Å². The van der Waals surface area contributed by atoms with E-state index in [1.165, 1.54) is 6.07 Å². The Balaban J connectivity index is 1.98. The number of nitrogens with one attached hydrogen (secondary N) is 1. The van der Waals surface area contributed by atoms with Gasteiger partial charge in [0.1, 0.15) is 16.5 Å². The van der Waals surface area contributed by atoms with Crippen LogP contribution in [0.15, 0.2) is 40.1 Å². The Morgan fingerprint density at radius 3 is 2.38 bits per heavy atom. The van der Waals surface area contributed by atoms with E-state index in [2.05, 4.69) is 15.0 Å². The van der Waals surface area contributed by atoms with Crippen LogP contribution in [0.25, 0.3) is 0 Å². The van der Waals surface area contributed by atoms with Gasteiger partial charge in [-0.15, -0.1) is 13.2 Å². The quantitative estimate of drug-likeness (QED) is 0.818. The molecule has 1 aromatic carbocycles. The molecule has 140 valence electrons. The van der Waals surface area contributed by atoms with Crippen molar-refractivity contribution in [3.05, 3.63) is 36.0 Å². The summed E-state index contributed by atoms with van der Waals surface area (Å²) >= 11 is 0. The molecule has 0 saturated heterocycles. The second-order valence-electron chi connectivity index (χ2n) is 5.95. The van der Waals surface area contributed by atoms with E-state index in [9.17, 15) is 21.6 Å². The number of sulfone groups is 1. The van der Waals surface area contributed by atoms with Crippen LogP contribution in [0.1, 0.15) is 18.5 Å². The molecule has 0 bridgehead atoms. The van der Waals surface area contributed by atoms with Crippen LogP contribution in [-0.4, -0.2) is 25.8 Å². The number of nitrogen functional groups attached to an aromatic ring is 1. The van der Waals surface area contributed by atoms with Gasteiger partial charge < -0.3 is 15.8 Å². The Morgan fingerprint density at radius 2 is 1.85 bits per heavy atom. The molecule has 1 heterocycles. The molecule has 26 heavy (non-hydrogen) atoms. The van der Waals surface area contributed by atoms with Crippen LogP contribution in [0.3, 0.4) is 0 Å². The van der Waals surface area contributed by atoms with Gasteiger partial charge >= 0.3 is 6.36 Å². The molecular formula is C16H16F3N3O3S. The maximum atomic E-state index is 12.9. The van der Waals surface area contributed by atoms with Crippen molar-refractivity contribution in [2.45, 2.75) is 42.0 Å². The zero-order valence-electron chi connectivity index (χ0n) is 13.7. The number of nitrogens with two attached hydrogens (primary N) is 1. The van der Waals surface area contributed by atoms with E-state index in [1.807, 2.05) is 0 Å². The van der Waals surface area contributed by atoms with Gasteiger partial charge in [0.2, 0.25) is 9.84 Å². The second kappa shape index (κ2) is 6.35. The van der Waals surface area contributed by atoms with Gasteiger partial charge in [-0.05, 0) is 50.1 Å². The number of pyridine rings is 1. The van der Waals surface area contributed by atoms with Crippen molar-refractivity contribution in [2.24, 2.45) is 0 Å². The Hall–Kier alpha value is -2.49. The summed E-state index contributed by atoms with van der Waals surface area (Å²) in [5, 5.41) is 3.05. The first-order valence-electron chi connectivity index (χ1n) is 7.71. The Bertz CT molecular complexity index is 924. The highest BCUT2D eigenvalue weighted by molar-refractivity contribution is 7.91. The van der Waals surface area contributed by atoms with Crippen molar-refractivity contribution < 1.29 is 26.3 Å². The monoisotopic (exact) mass is 387 g/mol. The molecule has 3 N–H and O–H groups in total. The number of anilines is 2. The van der Waals surface area contributed by atoms with Crippen molar-refractivity contribution in [2.75, 3.05) is 11.1 Å². The Morgan fingerprint density at radius 1 is 1.23 bits per heavy atom. The van der Waals surface area contributed by atoms with Gasteiger partial charge in [-0.3, -0.25) is 0 Å². The van der Waals surface area contributed by atoms with Gasteiger partial charge in [0.25, 0.3) is 0 Å². The summed E-state index contributed by atoms with van der Waals surface area (Å²) in [6.07, 6.45) is -3.03. The molecule has 10 heteroatoms. The van der Waals surface area contributed by atoms with Crippen LogP contribution < -0.4 is 15.8 Å². The number of ether oxygens (including phenoxy) is 1. The maximum Gasteiger partial charge on any atom is 0.573 e. The summed E-state index contributed by atoms with van der Waals surface area (Å²) < 4.78 is 66.3. The highest BCUT2D eigenvalue weighted by Gasteiger charge is 2.32. The van der Waals surface area contributed by atoms with E-state index in [0.29, 0.717) is 5.69 Å². The van der Waals surface area contributed by atoms with Crippen molar-refractivity contribution >= 4 is 21.3 Å². The number of nitrogens with zero attached hydrogens (tertiary/aromatic N) is 1.